The average Bonchev–Trinajstić information content (AvgIpc) is 2.79. The number of carbonyl (C=O) groups excluding carboxylic acids is 4. The number of aliphatic hydroxyl groups excluding tert-OH is 1. The summed E-state index contributed by atoms with van der Waals surface area (Å²) in [5.41, 5.74) is 11.3. The van der Waals surface area contributed by atoms with Gasteiger partial charge in [-0.2, -0.15) is 0 Å². The summed E-state index contributed by atoms with van der Waals surface area (Å²) in [5.74, 6) is -4.91. The second-order valence-electron chi connectivity index (χ2n) is 8.84. The van der Waals surface area contributed by atoms with E-state index in [4.69, 9.17) is 11.5 Å². The molecule has 0 bridgehead atoms. The fraction of sp³-hybridized carbons (Fsp3) is 0.522. The third-order valence-electron chi connectivity index (χ3n) is 5.34. The zero-order valence-electron chi connectivity index (χ0n) is 20.4. The van der Waals surface area contributed by atoms with Crippen molar-refractivity contribution in [2.75, 3.05) is 0 Å². The summed E-state index contributed by atoms with van der Waals surface area (Å²) in [5, 5.41) is 36.1. The number of carboxylic acid groups (broad SMARTS) is 1. The Morgan fingerprint density at radius 1 is 0.889 bits per heavy atom. The Balaban J connectivity index is 2.92. The molecule has 0 fully saturated rings. The third-order valence-corrected chi connectivity index (χ3v) is 5.34. The Kier molecular flexibility index (Phi) is 11.8. The maximum Gasteiger partial charge on any atom is 0.326 e. The largest absolute Gasteiger partial charge is 0.508 e. The van der Waals surface area contributed by atoms with E-state index in [1.54, 1.807) is 13.8 Å². The number of primary amides is 1. The number of nitrogens with one attached hydrogen (secondary N) is 3. The van der Waals surface area contributed by atoms with E-state index in [9.17, 15) is 39.3 Å². The zero-order valence-corrected chi connectivity index (χ0v) is 20.4. The first-order chi connectivity index (χ1) is 16.7. The topological polar surface area (TPSA) is 234 Å². The number of carbonyl (C=O) groups is 5. The Morgan fingerprint density at radius 2 is 1.42 bits per heavy atom. The highest BCUT2D eigenvalue weighted by Crippen LogP contribution is 2.12. The fourth-order valence-corrected chi connectivity index (χ4v) is 3.20. The molecule has 1 aromatic carbocycles. The van der Waals surface area contributed by atoms with E-state index in [0.29, 0.717) is 5.56 Å². The molecule has 5 unspecified atom stereocenters. The molecule has 200 valence electrons. The van der Waals surface area contributed by atoms with Gasteiger partial charge in [-0.3, -0.25) is 19.2 Å². The Hall–Kier alpha value is -3.71. The Labute approximate surface area is 208 Å². The molecule has 1 aromatic rings. The quantitative estimate of drug-likeness (QED) is 0.140. The molecule has 13 nitrogen and oxygen atoms in total. The maximum absolute atomic E-state index is 12.9. The summed E-state index contributed by atoms with van der Waals surface area (Å²) in [6.07, 6.45) is -1.65. The van der Waals surface area contributed by atoms with Crippen molar-refractivity contribution in [2.24, 2.45) is 17.4 Å². The van der Waals surface area contributed by atoms with E-state index in [2.05, 4.69) is 16.0 Å². The molecule has 0 aliphatic heterocycles. The number of phenolic OH excluding ortho intramolecular Hbond substituents is 1. The van der Waals surface area contributed by atoms with Gasteiger partial charge in [0, 0.05) is 12.8 Å². The minimum Gasteiger partial charge on any atom is -0.508 e. The van der Waals surface area contributed by atoms with Crippen LogP contribution in [0.5, 0.6) is 5.75 Å². The van der Waals surface area contributed by atoms with Gasteiger partial charge in [0.1, 0.15) is 23.9 Å². The van der Waals surface area contributed by atoms with Crippen molar-refractivity contribution in [3.05, 3.63) is 29.8 Å². The van der Waals surface area contributed by atoms with Gasteiger partial charge in [-0.05, 0) is 37.0 Å². The Bertz CT molecular complexity index is 935. The number of amides is 4. The van der Waals surface area contributed by atoms with Gasteiger partial charge in [0.15, 0.2) is 0 Å². The lowest BCUT2D eigenvalue weighted by Crippen LogP contribution is -2.60. The summed E-state index contributed by atoms with van der Waals surface area (Å²) in [4.78, 5) is 60.7. The van der Waals surface area contributed by atoms with Crippen LogP contribution in [0.3, 0.4) is 0 Å². The van der Waals surface area contributed by atoms with Crippen molar-refractivity contribution >= 4 is 29.6 Å². The number of benzene rings is 1. The number of carboxylic acids is 1. The van der Waals surface area contributed by atoms with Gasteiger partial charge in [0.2, 0.25) is 23.6 Å². The van der Waals surface area contributed by atoms with Crippen molar-refractivity contribution in [1.29, 1.82) is 0 Å². The number of phenols is 1. The lowest BCUT2D eigenvalue weighted by molar-refractivity contribution is -0.142. The second-order valence-corrected chi connectivity index (χ2v) is 8.84. The highest BCUT2D eigenvalue weighted by molar-refractivity contribution is 5.94. The number of aromatic hydroxyl groups is 1. The van der Waals surface area contributed by atoms with Crippen molar-refractivity contribution in [3.8, 4) is 5.75 Å². The number of rotatable bonds is 14. The molecule has 4 amide bonds. The monoisotopic (exact) mass is 509 g/mol. The number of aliphatic hydroxyl groups is 1. The van der Waals surface area contributed by atoms with Crippen LogP contribution in [0.1, 0.15) is 39.2 Å². The van der Waals surface area contributed by atoms with Gasteiger partial charge in [0.05, 0.1) is 12.1 Å². The van der Waals surface area contributed by atoms with Crippen LogP contribution >= 0.6 is 0 Å². The highest BCUT2D eigenvalue weighted by atomic mass is 16.4. The van der Waals surface area contributed by atoms with Crippen LogP contribution < -0.4 is 27.4 Å². The summed E-state index contributed by atoms with van der Waals surface area (Å²) in [6, 6.07) is 0.656. The molecule has 0 saturated heterocycles. The number of aliphatic carboxylic acids is 1. The molecule has 0 radical (unpaired) electrons. The van der Waals surface area contributed by atoms with Crippen LogP contribution in [0.2, 0.25) is 0 Å². The van der Waals surface area contributed by atoms with Crippen molar-refractivity contribution in [2.45, 2.75) is 70.3 Å². The molecule has 0 saturated carbocycles. The summed E-state index contributed by atoms with van der Waals surface area (Å²) >= 11 is 0. The zero-order chi connectivity index (χ0) is 27.6. The number of nitrogens with two attached hydrogens (primary N) is 2. The molecule has 0 spiro atoms. The minimum absolute atomic E-state index is 0.00540. The summed E-state index contributed by atoms with van der Waals surface area (Å²) < 4.78 is 0. The first-order valence-electron chi connectivity index (χ1n) is 11.4. The normalized spacial score (nSPS) is 15.2. The van der Waals surface area contributed by atoms with Gasteiger partial charge >= 0.3 is 5.97 Å². The van der Waals surface area contributed by atoms with Gasteiger partial charge in [-0.25, -0.2) is 4.79 Å². The van der Waals surface area contributed by atoms with Crippen LogP contribution in [0.15, 0.2) is 24.3 Å². The van der Waals surface area contributed by atoms with Gasteiger partial charge in [0.25, 0.3) is 0 Å². The first kappa shape index (κ1) is 30.3. The molecule has 0 aromatic heterocycles. The fourth-order valence-electron chi connectivity index (χ4n) is 3.20. The molecule has 5 atom stereocenters. The summed E-state index contributed by atoms with van der Waals surface area (Å²) in [6.45, 7) is 4.49. The van der Waals surface area contributed by atoms with Crippen molar-refractivity contribution < 1.29 is 39.3 Å². The third kappa shape index (κ3) is 9.88. The molecule has 36 heavy (non-hydrogen) atoms. The molecule has 0 aliphatic carbocycles. The summed E-state index contributed by atoms with van der Waals surface area (Å²) in [7, 11) is 0. The first-order valence-corrected chi connectivity index (χ1v) is 11.4. The SMILES string of the molecule is CC(C)C(NC(=O)C(NC(=O)C(N)CCC(N)=O)C(C)O)C(=O)NC(Cc1ccc(O)cc1)C(=O)O. The van der Waals surface area contributed by atoms with Crippen molar-refractivity contribution in [3.63, 3.8) is 0 Å². The van der Waals surface area contributed by atoms with Crippen LogP contribution in [-0.4, -0.2) is 75.2 Å². The van der Waals surface area contributed by atoms with Gasteiger partial charge in [-0.15, -0.1) is 0 Å². The van der Waals surface area contributed by atoms with Crippen molar-refractivity contribution in [1.82, 2.24) is 16.0 Å². The van der Waals surface area contributed by atoms with Gasteiger partial charge < -0.3 is 42.7 Å². The number of hydrogen-bond donors (Lipinski definition) is 8. The lowest BCUT2D eigenvalue weighted by Gasteiger charge is -2.28. The van der Waals surface area contributed by atoms with E-state index in [0.717, 1.165) is 0 Å². The van der Waals surface area contributed by atoms with Crippen LogP contribution in [-0.2, 0) is 30.4 Å². The van der Waals surface area contributed by atoms with Crippen LogP contribution in [0.4, 0.5) is 0 Å². The molecule has 13 heteroatoms. The lowest BCUT2D eigenvalue weighted by atomic mass is 10.00. The van der Waals surface area contributed by atoms with E-state index in [1.165, 1.54) is 31.2 Å². The smallest absolute Gasteiger partial charge is 0.326 e. The minimum atomic E-state index is -1.47. The van der Waals surface area contributed by atoms with Crippen LogP contribution in [0, 0.1) is 5.92 Å². The molecule has 0 aliphatic rings. The van der Waals surface area contributed by atoms with E-state index >= 15 is 0 Å². The maximum atomic E-state index is 12.9. The second kappa shape index (κ2) is 14.0. The number of hydrogen-bond acceptors (Lipinski definition) is 8. The molecule has 10 N–H and O–H groups in total. The average molecular weight is 510 g/mol. The van der Waals surface area contributed by atoms with Crippen LogP contribution in [0.25, 0.3) is 0 Å². The predicted molar refractivity (Wildman–Crippen MR) is 128 cm³/mol. The highest BCUT2D eigenvalue weighted by Gasteiger charge is 2.33. The molecular formula is C23H35N5O8. The molecular weight excluding hydrogens is 474 g/mol. The predicted octanol–water partition coefficient (Wildman–Crippen LogP) is -1.90. The molecule has 1 rings (SSSR count). The van der Waals surface area contributed by atoms with Gasteiger partial charge in [-0.1, -0.05) is 26.0 Å². The van der Waals surface area contributed by atoms with E-state index in [1.807, 2.05) is 0 Å². The van der Waals surface area contributed by atoms with E-state index in [-0.39, 0.29) is 25.0 Å². The Morgan fingerprint density at radius 3 is 1.89 bits per heavy atom. The van der Waals surface area contributed by atoms with E-state index < -0.39 is 65.8 Å². The standard InChI is InChI=1S/C23H35N5O8/c1-11(2)18(21(33)26-16(23(35)36)10-13-4-6-14(30)7-5-13)27-22(34)19(12(3)29)28-20(32)15(24)8-9-17(25)31/h4-7,11-12,15-16,18-19,29-30H,8-10,24H2,1-3H3,(H2,25,31)(H,26,33)(H,27,34)(H,28,32)(H,35,36). The molecule has 0 heterocycles.